The Morgan fingerprint density at radius 2 is 1.75 bits per heavy atom. The molecule has 0 spiro atoms. The van der Waals surface area contributed by atoms with E-state index in [4.69, 9.17) is 5.73 Å². The van der Waals surface area contributed by atoms with Crippen LogP contribution in [0.3, 0.4) is 0 Å². The summed E-state index contributed by atoms with van der Waals surface area (Å²) in [7, 11) is 0. The zero-order chi connectivity index (χ0) is 12.0. The van der Waals surface area contributed by atoms with E-state index in [0.717, 1.165) is 18.7 Å². The molecule has 0 aromatic heterocycles. The lowest BCUT2D eigenvalue weighted by Gasteiger charge is -2.10. The molecule has 0 saturated heterocycles. The largest absolute Gasteiger partial charge is 0.330 e. The highest BCUT2D eigenvalue weighted by Crippen LogP contribution is 2.21. The number of hydrogen-bond acceptors (Lipinski definition) is 2. The molecule has 0 aliphatic heterocycles. The minimum absolute atomic E-state index is 0.623. The first-order valence-electron chi connectivity index (χ1n) is 6.04. The van der Waals surface area contributed by atoms with Crippen molar-refractivity contribution in [3.8, 4) is 0 Å². The SMILES string of the molecule is CC(CCN)SCc1ccc(C(C)C)cc1. The van der Waals surface area contributed by atoms with Gasteiger partial charge in [-0.1, -0.05) is 45.0 Å². The second-order valence-corrected chi connectivity index (χ2v) is 6.02. The summed E-state index contributed by atoms with van der Waals surface area (Å²) in [5, 5.41) is 0.662. The summed E-state index contributed by atoms with van der Waals surface area (Å²) in [6, 6.07) is 8.98. The fraction of sp³-hybridized carbons (Fsp3) is 0.571. The molecule has 1 aromatic rings. The predicted molar refractivity (Wildman–Crippen MR) is 75.0 cm³/mol. The summed E-state index contributed by atoms with van der Waals surface area (Å²) < 4.78 is 0. The molecule has 0 radical (unpaired) electrons. The summed E-state index contributed by atoms with van der Waals surface area (Å²) in [4.78, 5) is 0. The van der Waals surface area contributed by atoms with Crippen LogP contribution >= 0.6 is 11.8 Å². The van der Waals surface area contributed by atoms with Crippen molar-refractivity contribution in [3.63, 3.8) is 0 Å². The van der Waals surface area contributed by atoms with E-state index in [0.29, 0.717) is 11.2 Å². The normalized spacial score (nSPS) is 13.1. The minimum atomic E-state index is 0.623. The molecule has 2 heteroatoms. The Bertz CT molecular complexity index is 292. The average Bonchev–Trinajstić information content (AvgIpc) is 2.27. The molecule has 90 valence electrons. The summed E-state index contributed by atoms with van der Waals surface area (Å²) in [6.07, 6.45) is 1.11. The van der Waals surface area contributed by atoms with Gasteiger partial charge in [0.25, 0.3) is 0 Å². The molecule has 1 aromatic carbocycles. The molecular formula is C14H23NS. The molecule has 0 aliphatic rings. The third kappa shape index (κ3) is 4.58. The van der Waals surface area contributed by atoms with Gasteiger partial charge in [0.2, 0.25) is 0 Å². The van der Waals surface area contributed by atoms with Crippen LogP contribution in [0.25, 0.3) is 0 Å². The molecule has 2 N–H and O–H groups in total. The van der Waals surface area contributed by atoms with Crippen LogP contribution in [-0.4, -0.2) is 11.8 Å². The Morgan fingerprint density at radius 1 is 1.12 bits per heavy atom. The molecule has 0 amide bonds. The maximum atomic E-state index is 5.54. The fourth-order valence-corrected chi connectivity index (χ4v) is 2.53. The molecule has 1 rings (SSSR count). The van der Waals surface area contributed by atoms with Crippen LogP contribution in [0.15, 0.2) is 24.3 Å². The van der Waals surface area contributed by atoms with E-state index in [9.17, 15) is 0 Å². The molecule has 1 atom stereocenters. The highest BCUT2D eigenvalue weighted by molar-refractivity contribution is 7.99. The third-order valence-electron chi connectivity index (χ3n) is 2.75. The summed E-state index contributed by atoms with van der Waals surface area (Å²) >= 11 is 1.99. The standard InChI is InChI=1S/C14H23NS/c1-11(2)14-6-4-13(5-7-14)10-16-12(3)8-9-15/h4-7,11-12H,8-10,15H2,1-3H3. The Hall–Kier alpha value is -0.470. The quantitative estimate of drug-likeness (QED) is 0.815. The highest BCUT2D eigenvalue weighted by Gasteiger charge is 2.03. The van der Waals surface area contributed by atoms with E-state index in [-0.39, 0.29) is 0 Å². The predicted octanol–water partition coefficient (Wildman–Crippen LogP) is 3.78. The van der Waals surface area contributed by atoms with Crippen LogP contribution in [0.1, 0.15) is 44.2 Å². The van der Waals surface area contributed by atoms with Gasteiger partial charge in [-0.15, -0.1) is 0 Å². The first-order chi connectivity index (χ1) is 7.63. The average molecular weight is 237 g/mol. The van der Waals surface area contributed by atoms with Gasteiger partial charge < -0.3 is 5.73 Å². The number of benzene rings is 1. The molecule has 16 heavy (non-hydrogen) atoms. The zero-order valence-corrected chi connectivity index (χ0v) is 11.4. The van der Waals surface area contributed by atoms with Crippen LogP contribution in [-0.2, 0) is 5.75 Å². The van der Waals surface area contributed by atoms with Crippen molar-refractivity contribution in [2.45, 2.75) is 44.1 Å². The van der Waals surface area contributed by atoms with Crippen molar-refractivity contribution in [1.29, 1.82) is 0 Å². The maximum Gasteiger partial charge on any atom is 0.0187 e. The van der Waals surface area contributed by atoms with E-state index >= 15 is 0 Å². The lowest BCUT2D eigenvalue weighted by atomic mass is 10.0. The van der Waals surface area contributed by atoms with Crippen LogP contribution in [0.4, 0.5) is 0 Å². The molecular weight excluding hydrogens is 214 g/mol. The van der Waals surface area contributed by atoms with Gasteiger partial charge in [-0.25, -0.2) is 0 Å². The van der Waals surface area contributed by atoms with Gasteiger partial charge in [-0.05, 0) is 30.0 Å². The van der Waals surface area contributed by atoms with Crippen LogP contribution in [0.5, 0.6) is 0 Å². The molecule has 0 fully saturated rings. The smallest absolute Gasteiger partial charge is 0.0187 e. The Kier molecular flexibility index (Phi) is 5.93. The second-order valence-electron chi connectivity index (χ2n) is 4.60. The lowest BCUT2D eigenvalue weighted by Crippen LogP contribution is -2.07. The molecule has 1 unspecified atom stereocenters. The summed E-state index contributed by atoms with van der Waals surface area (Å²) in [5.41, 5.74) is 8.37. The van der Waals surface area contributed by atoms with Crippen molar-refractivity contribution in [2.24, 2.45) is 5.73 Å². The van der Waals surface area contributed by atoms with E-state index in [1.165, 1.54) is 11.1 Å². The number of nitrogens with two attached hydrogens (primary N) is 1. The molecule has 0 aliphatic carbocycles. The van der Waals surface area contributed by atoms with Gasteiger partial charge >= 0.3 is 0 Å². The Balaban J connectivity index is 2.43. The first kappa shape index (κ1) is 13.6. The molecule has 0 bridgehead atoms. The van der Waals surface area contributed by atoms with Gasteiger partial charge in [0.05, 0.1) is 0 Å². The van der Waals surface area contributed by atoms with Gasteiger partial charge in [0, 0.05) is 11.0 Å². The van der Waals surface area contributed by atoms with Crippen molar-refractivity contribution in [2.75, 3.05) is 6.54 Å². The number of hydrogen-bond donors (Lipinski definition) is 1. The molecule has 1 nitrogen and oxygen atoms in total. The first-order valence-corrected chi connectivity index (χ1v) is 7.09. The number of thioether (sulfide) groups is 1. The van der Waals surface area contributed by atoms with Crippen molar-refractivity contribution in [3.05, 3.63) is 35.4 Å². The fourth-order valence-electron chi connectivity index (χ4n) is 1.56. The molecule has 0 saturated carbocycles. The minimum Gasteiger partial charge on any atom is -0.330 e. The Labute approximate surface area is 104 Å². The van der Waals surface area contributed by atoms with E-state index in [1.807, 2.05) is 11.8 Å². The lowest BCUT2D eigenvalue weighted by molar-refractivity contribution is 0.822. The van der Waals surface area contributed by atoms with Gasteiger partial charge in [-0.2, -0.15) is 11.8 Å². The van der Waals surface area contributed by atoms with Gasteiger partial charge in [0.1, 0.15) is 0 Å². The van der Waals surface area contributed by atoms with E-state index in [1.54, 1.807) is 0 Å². The highest BCUT2D eigenvalue weighted by atomic mass is 32.2. The topological polar surface area (TPSA) is 26.0 Å². The summed E-state index contributed by atoms with van der Waals surface area (Å²) in [5.74, 6) is 1.72. The van der Waals surface area contributed by atoms with Crippen molar-refractivity contribution in [1.82, 2.24) is 0 Å². The van der Waals surface area contributed by atoms with Gasteiger partial charge in [-0.3, -0.25) is 0 Å². The monoisotopic (exact) mass is 237 g/mol. The second kappa shape index (κ2) is 6.97. The van der Waals surface area contributed by atoms with Gasteiger partial charge in [0.15, 0.2) is 0 Å². The van der Waals surface area contributed by atoms with E-state index in [2.05, 4.69) is 45.0 Å². The number of rotatable bonds is 6. The van der Waals surface area contributed by atoms with E-state index < -0.39 is 0 Å². The van der Waals surface area contributed by atoms with Crippen LogP contribution in [0, 0.1) is 0 Å². The zero-order valence-electron chi connectivity index (χ0n) is 10.6. The third-order valence-corrected chi connectivity index (χ3v) is 4.06. The maximum absolute atomic E-state index is 5.54. The van der Waals surface area contributed by atoms with Crippen LogP contribution in [0.2, 0.25) is 0 Å². The Morgan fingerprint density at radius 3 is 2.25 bits per heavy atom. The van der Waals surface area contributed by atoms with Crippen molar-refractivity contribution < 1.29 is 0 Å². The molecule has 0 heterocycles. The van der Waals surface area contributed by atoms with Crippen molar-refractivity contribution >= 4 is 11.8 Å². The van der Waals surface area contributed by atoms with Crippen LogP contribution < -0.4 is 5.73 Å². The summed E-state index contributed by atoms with van der Waals surface area (Å²) in [6.45, 7) is 7.50.